The van der Waals surface area contributed by atoms with Gasteiger partial charge in [0.2, 0.25) is 0 Å². The number of aliphatic hydroxyl groups is 1. The van der Waals surface area contributed by atoms with Gasteiger partial charge in [0.15, 0.2) is 11.4 Å². The van der Waals surface area contributed by atoms with E-state index in [-0.39, 0.29) is 28.7 Å². The van der Waals surface area contributed by atoms with Gasteiger partial charge in [-0.1, -0.05) is 13.8 Å². The van der Waals surface area contributed by atoms with Crippen LogP contribution in [0.4, 0.5) is 0 Å². The lowest BCUT2D eigenvalue weighted by Crippen LogP contribution is -2.58. The predicted octanol–water partition coefficient (Wildman–Crippen LogP) is 4.28. The molecule has 0 aromatic heterocycles. The molecule has 4 fully saturated rings. The van der Waals surface area contributed by atoms with E-state index in [0.717, 1.165) is 25.7 Å². The minimum atomic E-state index is -0.893. The molecule has 4 saturated carbocycles. The number of Topliss-reactive ketones (excluding diaryl/α,β-unsaturated/α-hetero) is 1. The molecule has 0 bridgehead atoms. The zero-order valence-corrected chi connectivity index (χ0v) is 17.4. The van der Waals surface area contributed by atoms with E-state index in [4.69, 9.17) is 4.74 Å². The average Bonchev–Trinajstić information content (AvgIpc) is 2.90. The van der Waals surface area contributed by atoms with E-state index >= 15 is 0 Å². The van der Waals surface area contributed by atoms with Gasteiger partial charge in [-0.15, -0.1) is 0 Å². The molecule has 4 aliphatic carbocycles. The fraction of sp³-hybridized carbons (Fsp3) is 0.913. The van der Waals surface area contributed by atoms with Gasteiger partial charge >= 0.3 is 5.97 Å². The van der Waals surface area contributed by atoms with Crippen molar-refractivity contribution < 1.29 is 19.4 Å². The van der Waals surface area contributed by atoms with Crippen molar-refractivity contribution >= 4 is 11.8 Å². The molecule has 4 aliphatic rings. The van der Waals surface area contributed by atoms with Crippen LogP contribution in [0.15, 0.2) is 0 Å². The predicted molar refractivity (Wildman–Crippen MR) is 103 cm³/mol. The van der Waals surface area contributed by atoms with E-state index in [1.165, 1.54) is 26.2 Å². The molecule has 1 N–H and O–H groups in total. The minimum absolute atomic E-state index is 0.0111. The highest BCUT2D eigenvalue weighted by molar-refractivity contribution is 5.87. The maximum atomic E-state index is 12.4. The first-order valence-electron chi connectivity index (χ1n) is 11.0. The van der Waals surface area contributed by atoms with Crippen LogP contribution < -0.4 is 0 Å². The summed E-state index contributed by atoms with van der Waals surface area (Å²) >= 11 is 0. The fourth-order valence-electron chi connectivity index (χ4n) is 7.96. The summed E-state index contributed by atoms with van der Waals surface area (Å²) in [4.78, 5) is 24.1. The van der Waals surface area contributed by atoms with Gasteiger partial charge < -0.3 is 9.84 Å². The highest BCUT2D eigenvalue weighted by atomic mass is 16.6. The zero-order valence-electron chi connectivity index (χ0n) is 17.4. The van der Waals surface area contributed by atoms with Crippen molar-refractivity contribution in [1.82, 2.24) is 0 Å². The number of hydrogen-bond donors (Lipinski definition) is 1. The summed E-state index contributed by atoms with van der Waals surface area (Å²) in [6.07, 6.45) is 8.99. The van der Waals surface area contributed by atoms with Gasteiger partial charge in [-0.05, 0) is 99.2 Å². The second-order valence-corrected chi connectivity index (χ2v) is 10.6. The Labute approximate surface area is 163 Å². The Morgan fingerprint density at radius 2 is 1.59 bits per heavy atom. The monoisotopic (exact) mass is 376 g/mol. The molecule has 4 rings (SSSR count). The summed E-state index contributed by atoms with van der Waals surface area (Å²) < 4.78 is 5.65. The summed E-state index contributed by atoms with van der Waals surface area (Å²) in [5.41, 5.74) is -0.549. The second-order valence-electron chi connectivity index (χ2n) is 10.6. The molecule has 152 valence electrons. The van der Waals surface area contributed by atoms with Crippen LogP contribution in [-0.4, -0.2) is 28.6 Å². The number of ketones is 1. The van der Waals surface area contributed by atoms with Gasteiger partial charge in [0.25, 0.3) is 0 Å². The Bertz CT molecular complexity index is 644. The molecule has 27 heavy (non-hydrogen) atoms. The second kappa shape index (κ2) is 6.30. The van der Waals surface area contributed by atoms with E-state index < -0.39 is 5.60 Å². The third-order valence-electron chi connectivity index (χ3n) is 9.64. The number of hydrogen-bond acceptors (Lipinski definition) is 4. The first kappa shape index (κ1) is 19.4. The maximum Gasteiger partial charge on any atom is 0.303 e. The number of carbonyl (C=O) groups is 2. The third kappa shape index (κ3) is 2.73. The standard InChI is InChI=1S/C23H36O4/c1-14(24)23(27-15(2)25)12-11-21(3)16(13-23)5-6-17-18-7-8-20(26)22(18,4)10-9-19(17)21/h16-20,26H,5-13H2,1-4H3/t16-,17?,18?,19?,20-,21-,22-,23?/m0/s1. The first-order chi connectivity index (χ1) is 12.6. The summed E-state index contributed by atoms with van der Waals surface area (Å²) in [6.45, 7) is 7.77. The summed E-state index contributed by atoms with van der Waals surface area (Å²) in [5.74, 6) is 2.17. The van der Waals surface area contributed by atoms with Gasteiger partial charge in [-0.3, -0.25) is 9.59 Å². The molecule has 0 spiro atoms. The van der Waals surface area contributed by atoms with Crippen LogP contribution in [0.25, 0.3) is 0 Å². The van der Waals surface area contributed by atoms with Crippen molar-refractivity contribution in [3.63, 3.8) is 0 Å². The Morgan fingerprint density at radius 3 is 2.26 bits per heavy atom. The molecule has 8 atom stereocenters. The molecule has 4 heteroatoms. The Balaban J connectivity index is 1.59. The number of aliphatic hydroxyl groups excluding tert-OH is 1. The van der Waals surface area contributed by atoms with E-state index in [9.17, 15) is 14.7 Å². The molecule has 0 aliphatic heterocycles. The molecule has 0 radical (unpaired) electrons. The van der Waals surface area contributed by atoms with Crippen LogP contribution in [0.1, 0.15) is 85.5 Å². The highest BCUT2D eigenvalue weighted by Gasteiger charge is 2.62. The number of ether oxygens (including phenoxy) is 1. The van der Waals surface area contributed by atoms with E-state index in [1.54, 1.807) is 6.92 Å². The van der Waals surface area contributed by atoms with Gasteiger partial charge in [-0.25, -0.2) is 0 Å². The minimum Gasteiger partial charge on any atom is -0.451 e. The van der Waals surface area contributed by atoms with Gasteiger partial charge in [0.05, 0.1) is 6.10 Å². The van der Waals surface area contributed by atoms with Crippen LogP contribution in [-0.2, 0) is 14.3 Å². The number of esters is 1. The van der Waals surface area contributed by atoms with Crippen molar-refractivity contribution in [2.45, 2.75) is 97.2 Å². The fourth-order valence-corrected chi connectivity index (χ4v) is 7.96. The van der Waals surface area contributed by atoms with Crippen LogP contribution in [0.5, 0.6) is 0 Å². The lowest BCUT2D eigenvalue weighted by Gasteiger charge is -2.61. The van der Waals surface area contributed by atoms with E-state index in [0.29, 0.717) is 36.5 Å². The van der Waals surface area contributed by atoms with Gasteiger partial charge in [0.1, 0.15) is 0 Å². The molecule has 4 nitrogen and oxygen atoms in total. The van der Waals surface area contributed by atoms with E-state index in [2.05, 4.69) is 13.8 Å². The van der Waals surface area contributed by atoms with Crippen molar-refractivity contribution in [1.29, 1.82) is 0 Å². The quantitative estimate of drug-likeness (QED) is 0.731. The highest BCUT2D eigenvalue weighted by Crippen LogP contribution is 2.67. The lowest BCUT2D eigenvalue weighted by atomic mass is 9.44. The van der Waals surface area contributed by atoms with Crippen molar-refractivity contribution in [3.8, 4) is 0 Å². The SMILES string of the molecule is CC(=O)OC1(C(C)=O)CC[C@]2(C)C3CC[C@@]4(C)C(CC[C@@H]4O)C3CC[C@H]2C1. The molecular formula is C23H36O4. The number of fused-ring (bicyclic) bond motifs is 5. The van der Waals surface area contributed by atoms with Crippen molar-refractivity contribution in [2.75, 3.05) is 0 Å². The van der Waals surface area contributed by atoms with Crippen molar-refractivity contribution in [3.05, 3.63) is 0 Å². The molecule has 0 aromatic carbocycles. The summed E-state index contributed by atoms with van der Waals surface area (Å²) in [7, 11) is 0. The molecular weight excluding hydrogens is 340 g/mol. The Morgan fingerprint density at radius 1 is 0.889 bits per heavy atom. The third-order valence-corrected chi connectivity index (χ3v) is 9.64. The van der Waals surface area contributed by atoms with Crippen LogP contribution in [0.3, 0.4) is 0 Å². The van der Waals surface area contributed by atoms with E-state index in [1.807, 2.05) is 0 Å². The van der Waals surface area contributed by atoms with Gasteiger partial charge in [-0.2, -0.15) is 0 Å². The molecule has 0 heterocycles. The smallest absolute Gasteiger partial charge is 0.303 e. The molecule has 4 unspecified atom stereocenters. The lowest BCUT2D eigenvalue weighted by molar-refractivity contribution is -0.187. The van der Waals surface area contributed by atoms with Crippen molar-refractivity contribution in [2.24, 2.45) is 34.5 Å². The van der Waals surface area contributed by atoms with Gasteiger partial charge in [0, 0.05) is 6.92 Å². The topological polar surface area (TPSA) is 63.6 Å². The Kier molecular flexibility index (Phi) is 4.53. The van der Waals surface area contributed by atoms with Crippen LogP contribution in [0, 0.1) is 34.5 Å². The summed E-state index contributed by atoms with van der Waals surface area (Å²) in [5, 5.41) is 10.6. The number of rotatable bonds is 2. The number of carbonyl (C=O) groups excluding carboxylic acids is 2. The molecule has 0 aromatic rings. The Hall–Kier alpha value is -0.900. The normalized spacial score (nSPS) is 51.7. The first-order valence-corrected chi connectivity index (χ1v) is 11.0. The maximum absolute atomic E-state index is 12.4. The molecule has 0 saturated heterocycles. The summed E-state index contributed by atoms with van der Waals surface area (Å²) in [6, 6.07) is 0. The largest absolute Gasteiger partial charge is 0.451 e. The van der Waals surface area contributed by atoms with Crippen LogP contribution in [0.2, 0.25) is 0 Å². The zero-order chi connectivity index (χ0) is 19.6. The van der Waals surface area contributed by atoms with Crippen LogP contribution >= 0.6 is 0 Å². The molecule has 0 amide bonds. The average molecular weight is 377 g/mol.